The van der Waals surface area contributed by atoms with Gasteiger partial charge in [-0.05, 0) is 59.6 Å². The van der Waals surface area contributed by atoms with Crippen molar-refractivity contribution in [1.82, 2.24) is 0 Å². The molecule has 5 atom stereocenters. The molecule has 9 nitrogen and oxygen atoms in total. The number of Topliss-reactive ketones (excluding diaryl/α,β-unsaturated/α-hetero) is 1. The van der Waals surface area contributed by atoms with Crippen LogP contribution in [0.1, 0.15) is 65.5 Å². The summed E-state index contributed by atoms with van der Waals surface area (Å²) in [7, 11) is -0.417. The molecule has 1 aromatic carbocycles. The lowest BCUT2D eigenvalue weighted by atomic mass is 9.54. The van der Waals surface area contributed by atoms with Crippen LogP contribution in [0.25, 0.3) is 0 Å². The van der Waals surface area contributed by atoms with E-state index in [-0.39, 0.29) is 29.5 Å². The number of methoxy groups -OCH3 is 1. The summed E-state index contributed by atoms with van der Waals surface area (Å²) in [5.41, 5.74) is -1.72. The third-order valence-electron chi connectivity index (χ3n) is 7.98. The highest BCUT2D eigenvalue weighted by molar-refractivity contribution is 7.48. The van der Waals surface area contributed by atoms with Gasteiger partial charge >= 0.3 is 7.82 Å². The third-order valence-corrected chi connectivity index (χ3v) is 9.96. The lowest BCUT2D eigenvalue weighted by Crippen LogP contribution is -2.67. The standard InChI is InChI=1S/C26H39NO8P/c1-23(2,3)34-36(30,35-24(4,5)6)32-15-27(7)14-25-20-16-9-10-18(31-8)21(20)33-22(25)17(28)11-12-26(25,29)19(27)13-16/h9-10,19,22,29H,11-15H2,1-8H3/q+1/t19-,22?,25+,26-,27?/m1/s1. The van der Waals surface area contributed by atoms with Crippen LogP contribution in [0.15, 0.2) is 12.1 Å². The van der Waals surface area contributed by atoms with Crippen molar-refractivity contribution >= 4 is 13.6 Å². The monoisotopic (exact) mass is 524 g/mol. The van der Waals surface area contributed by atoms with Crippen LogP contribution >= 0.6 is 7.82 Å². The van der Waals surface area contributed by atoms with Crippen molar-refractivity contribution in [1.29, 1.82) is 0 Å². The van der Waals surface area contributed by atoms with Crippen LogP contribution < -0.4 is 9.47 Å². The smallest absolute Gasteiger partial charge is 0.480 e. The Balaban J connectivity index is 1.56. The minimum absolute atomic E-state index is 0.0144. The minimum atomic E-state index is -3.98. The Morgan fingerprint density at radius 2 is 1.81 bits per heavy atom. The van der Waals surface area contributed by atoms with Gasteiger partial charge in [0, 0.05) is 18.4 Å². The van der Waals surface area contributed by atoms with Gasteiger partial charge in [0.05, 0.1) is 31.9 Å². The summed E-state index contributed by atoms with van der Waals surface area (Å²) in [5, 5.41) is 12.4. The molecule has 2 unspecified atom stereocenters. The normalized spacial score (nSPS) is 35.0. The summed E-state index contributed by atoms with van der Waals surface area (Å²) in [5.74, 6) is 1.10. The highest BCUT2D eigenvalue weighted by Crippen LogP contribution is 2.67. The molecule has 4 aliphatic rings. The van der Waals surface area contributed by atoms with Gasteiger partial charge in [-0.3, -0.25) is 18.3 Å². The number of aliphatic hydroxyl groups is 1. The van der Waals surface area contributed by atoms with Crippen molar-refractivity contribution in [3.05, 3.63) is 23.3 Å². The average Bonchev–Trinajstić information content (AvgIpc) is 3.12. The summed E-state index contributed by atoms with van der Waals surface area (Å²) in [6.45, 7) is 11.2. The minimum Gasteiger partial charge on any atom is -0.493 e. The van der Waals surface area contributed by atoms with Gasteiger partial charge in [0.1, 0.15) is 17.1 Å². The maximum absolute atomic E-state index is 13.8. The van der Waals surface area contributed by atoms with Crippen LogP contribution in [0.3, 0.4) is 0 Å². The van der Waals surface area contributed by atoms with Gasteiger partial charge in [0.25, 0.3) is 0 Å². The molecule has 5 rings (SSSR count). The topological polar surface area (TPSA) is 101 Å². The molecule has 2 aliphatic heterocycles. The number of benzene rings is 1. The average molecular weight is 525 g/mol. The highest BCUT2D eigenvalue weighted by atomic mass is 31.2. The second kappa shape index (κ2) is 7.78. The molecule has 1 N–H and O–H groups in total. The van der Waals surface area contributed by atoms with Gasteiger partial charge < -0.3 is 14.6 Å². The Kier molecular flexibility index (Phi) is 5.65. The Labute approximate surface area is 213 Å². The quantitative estimate of drug-likeness (QED) is 0.442. The van der Waals surface area contributed by atoms with E-state index in [1.54, 1.807) is 48.7 Å². The molecular weight excluding hydrogens is 485 g/mol. The van der Waals surface area contributed by atoms with Gasteiger partial charge in [-0.1, -0.05) is 6.07 Å². The first-order valence-corrected chi connectivity index (χ1v) is 14.1. The fourth-order valence-electron chi connectivity index (χ4n) is 6.98. The number of rotatable bonds is 6. The SMILES string of the molecule is COc1ccc2c3c1OC1C(=O)CC[C@@]4(O)[C@@H](C2)[N+](C)(COP(=O)(OC(C)(C)C)OC(C)(C)C)C[C@]314. The number of ether oxygens (including phenoxy) is 2. The largest absolute Gasteiger partial charge is 0.493 e. The molecule has 36 heavy (non-hydrogen) atoms. The molecule has 1 saturated carbocycles. The van der Waals surface area contributed by atoms with Crippen LogP contribution in [0.2, 0.25) is 0 Å². The van der Waals surface area contributed by atoms with E-state index in [0.717, 1.165) is 11.1 Å². The summed E-state index contributed by atoms with van der Waals surface area (Å²) in [6.07, 6.45) is 0.353. The lowest BCUT2D eigenvalue weighted by Gasteiger charge is -2.48. The van der Waals surface area contributed by atoms with E-state index in [9.17, 15) is 14.5 Å². The molecule has 2 heterocycles. The van der Waals surface area contributed by atoms with Gasteiger partial charge in [-0.2, -0.15) is 0 Å². The molecule has 2 aliphatic carbocycles. The van der Waals surface area contributed by atoms with E-state index in [4.69, 9.17) is 23.0 Å². The van der Waals surface area contributed by atoms with Crippen LogP contribution in [0, 0.1) is 0 Å². The van der Waals surface area contributed by atoms with Crippen molar-refractivity contribution < 1.29 is 42.0 Å². The number of phosphoric ester groups is 1. The second-order valence-corrected chi connectivity index (χ2v) is 14.5. The van der Waals surface area contributed by atoms with Crippen molar-refractivity contribution in [2.24, 2.45) is 0 Å². The number of quaternary nitrogens is 1. The van der Waals surface area contributed by atoms with Crippen LogP contribution in [0.5, 0.6) is 11.5 Å². The molecule has 0 radical (unpaired) electrons. The molecular formula is C26H39NO8P+. The van der Waals surface area contributed by atoms with Crippen molar-refractivity contribution in [2.75, 3.05) is 27.4 Å². The Bertz CT molecular complexity index is 1140. The number of carbonyl (C=O) groups is 1. The maximum atomic E-state index is 13.8. The van der Waals surface area contributed by atoms with Gasteiger partial charge in [0.2, 0.25) is 0 Å². The van der Waals surface area contributed by atoms with E-state index < -0.39 is 36.1 Å². The maximum Gasteiger partial charge on any atom is 0.480 e. The van der Waals surface area contributed by atoms with E-state index in [2.05, 4.69) is 0 Å². The molecule has 2 fully saturated rings. The van der Waals surface area contributed by atoms with Crippen LogP contribution in [-0.2, 0) is 34.8 Å². The molecule has 0 aromatic heterocycles. The number of likely N-dealkylation sites (tertiary alicyclic amines) is 1. The zero-order chi connectivity index (χ0) is 26.5. The van der Waals surface area contributed by atoms with Crippen molar-refractivity contribution in [3.63, 3.8) is 0 Å². The number of phosphoric acid groups is 1. The fourth-order valence-corrected chi connectivity index (χ4v) is 8.87. The summed E-state index contributed by atoms with van der Waals surface area (Å²) >= 11 is 0. The lowest BCUT2D eigenvalue weighted by molar-refractivity contribution is -0.940. The van der Waals surface area contributed by atoms with E-state index >= 15 is 0 Å². The molecule has 0 amide bonds. The predicted molar refractivity (Wildman–Crippen MR) is 132 cm³/mol. The number of nitrogens with zero attached hydrogens (tertiary/aromatic N) is 1. The molecule has 1 spiro atoms. The molecule has 10 heteroatoms. The van der Waals surface area contributed by atoms with Crippen molar-refractivity contribution in [3.8, 4) is 11.5 Å². The van der Waals surface area contributed by atoms with Crippen molar-refractivity contribution in [2.45, 2.75) is 95.2 Å². The van der Waals surface area contributed by atoms with E-state index in [1.807, 2.05) is 19.2 Å². The number of likely N-dealkylation sites (N-methyl/N-ethyl adjacent to an activating group) is 1. The van der Waals surface area contributed by atoms with Crippen LogP contribution in [0.4, 0.5) is 0 Å². The number of ketones is 1. The van der Waals surface area contributed by atoms with E-state index in [0.29, 0.717) is 30.9 Å². The molecule has 200 valence electrons. The third kappa shape index (κ3) is 3.69. The van der Waals surface area contributed by atoms with E-state index in [1.165, 1.54) is 0 Å². The fraction of sp³-hybridized carbons (Fsp3) is 0.731. The Hall–Kier alpha value is -1.48. The summed E-state index contributed by atoms with van der Waals surface area (Å²) in [6, 6.07) is 3.57. The molecule has 2 bridgehead atoms. The van der Waals surface area contributed by atoms with Gasteiger partial charge in [0.15, 0.2) is 30.1 Å². The number of hydrogen-bond acceptors (Lipinski definition) is 8. The zero-order valence-corrected chi connectivity index (χ0v) is 23.4. The predicted octanol–water partition coefficient (Wildman–Crippen LogP) is 3.89. The number of hydrogen-bond donors (Lipinski definition) is 1. The summed E-state index contributed by atoms with van der Waals surface area (Å²) < 4.78 is 43.7. The first-order valence-electron chi connectivity index (χ1n) is 12.6. The summed E-state index contributed by atoms with van der Waals surface area (Å²) in [4.78, 5) is 13.2. The Morgan fingerprint density at radius 3 is 2.39 bits per heavy atom. The van der Waals surface area contributed by atoms with Gasteiger partial charge in [-0.25, -0.2) is 9.09 Å². The second-order valence-electron chi connectivity index (χ2n) is 13.0. The van der Waals surface area contributed by atoms with Crippen LogP contribution in [-0.4, -0.2) is 71.8 Å². The first-order chi connectivity index (χ1) is 16.5. The molecule has 1 saturated heterocycles. The molecule has 1 aromatic rings. The highest BCUT2D eigenvalue weighted by Gasteiger charge is 2.81. The number of carbonyl (C=O) groups excluding carboxylic acids is 1. The Morgan fingerprint density at radius 1 is 1.17 bits per heavy atom. The zero-order valence-electron chi connectivity index (χ0n) is 22.5. The van der Waals surface area contributed by atoms with Gasteiger partial charge in [-0.15, -0.1) is 0 Å². The first kappa shape index (κ1) is 26.1.